The first-order valence-electron chi connectivity index (χ1n) is 7.98. The van der Waals surface area contributed by atoms with E-state index in [1.54, 1.807) is 0 Å². The second-order valence-corrected chi connectivity index (χ2v) is 6.09. The summed E-state index contributed by atoms with van der Waals surface area (Å²) in [4.78, 5) is 4.70. The minimum Gasteiger partial charge on any atom is -0.474 e. The van der Waals surface area contributed by atoms with E-state index < -0.39 is 0 Å². The van der Waals surface area contributed by atoms with Gasteiger partial charge in [-0.25, -0.2) is 4.98 Å². The van der Waals surface area contributed by atoms with Crippen molar-refractivity contribution in [2.24, 2.45) is 5.92 Å². The maximum Gasteiger partial charge on any atom is 0.214 e. The molecule has 3 rings (SSSR count). The summed E-state index contributed by atoms with van der Waals surface area (Å²) in [5, 5.41) is 4.44. The molecular formula is C18H24N2O. The molecule has 2 unspecified atom stereocenters. The average molecular weight is 284 g/mol. The molecule has 1 aliphatic carbocycles. The summed E-state index contributed by atoms with van der Waals surface area (Å²) in [6.45, 7) is 3.12. The minimum atomic E-state index is 0.315. The number of para-hydroxylation sites is 1. The van der Waals surface area contributed by atoms with Crippen LogP contribution in [0.5, 0.6) is 5.88 Å². The Morgan fingerprint density at radius 3 is 2.86 bits per heavy atom. The molecule has 0 bridgehead atoms. The molecule has 0 aliphatic heterocycles. The van der Waals surface area contributed by atoms with Gasteiger partial charge in [0.15, 0.2) is 0 Å². The van der Waals surface area contributed by atoms with E-state index >= 15 is 0 Å². The molecule has 2 aromatic rings. The topological polar surface area (TPSA) is 34.1 Å². The lowest BCUT2D eigenvalue weighted by Gasteiger charge is -2.29. The average Bonchev–Trinajstić information content (AvgIpc) is 2.50. The largest absolute Gasteiger partial charge is 0.474 e. The van der Waals surface area contributed by atoms with Gasteiger partial charge >= 0.3 is 0 Å². The molecule has 1 aliphatic rings. The summed E-state index contributed by atoms with van der Waals surface area (Å²) >= 11 is 0. The molecule has 2 atom stereocenters. The second kappa shape index (κ2) is 6.44. The third-order valence-corrected chi connectivity index (χ3v) is 4.45. The van der Waals surface area contributed by atoms with Gasteiger partial charge in [0.2, 0.25) is 5.88 Å². The molecule has 3 heteroatoms. The van der Waals surface area contributed by atoms with Gasteiger partial charge in [0.1, 0.15) is 6.10 Å². The Labute approximate surface area is 126 Å². The summed E-state index contributed by atoms with van der Waals surface area (Å²) in [5.74, 6) is 1.40. The first-order chi connectivity index (χ1) is 10.3. The van der Waals surface area contributed by atoms with Gasteiger partial charge in [-0.2, -0.15) is 0 Å². The quantitative estimate of drug-likeness (QED) is 0.924. The highest BCUT2D eigenvalue weighted by atomic mass is 16.5. The summed E-state index contributed by atoms with van der Waals surface area (Å²) in [7, 11) is 1.97. The van der Waals surface area contributed by atoms with E-state index in [1.807, 2.05) is 13.1 Å². The Balaban J connectivity index is 1.91. The summed E-state index contributed by atoms with van der Waals surface area (Å²) < 4.78 is 6.22. The van der Waals surface area contributed by atoms with Crippen LogP contribution in [0, 0.1) is 5.92 Å². The van der Waals surface area contributed by atoms with Gasteiger partial charge in [-0.1, -0.05) is 31.5 Å². The Kier molecular flexibility index (Phi) is 4.39. The lowest BCUT2D eigenvalue weighted by molar-refractivity contribution is 0.0979. The molecule has 1 N–H and O–H groups in total. The van der Waals surface area contributed by atoms with Crippen LogP contribution in [0.15, 0.2) is 30.3 Å². The second-order valence-electron chi connectivity index (χ2n) is 6.09. The Hall–Kier alpha value is -1.61. The molecule has 112 valence electrons. The van der Waals surface area contributed by atoms with Gasteiger partial charge in [0, 0.05) is 18.0 Å². The Morgan fingerprint density at radius 1 is 1.24 bits per heavy atom. The van der Waals surface area contributed by atoms with Crippen LogP contribution in [-0.4, -0.2) is 18.1 Å². The highest BCUT2D eigenvalue weighted by Gasteiger charge is 2.23. The zero-order chi connectivity index (χ0) is 14.7. The zero-order valence-electron chi connectivity index (χ0n) is 12.9. The number of hydrogen-bond acceptors (Lipinski definition) is 3. The molecule has 1 aromatic carbocycles. The van der Waals surface area contributed by atoms with Crippen molar-refractivity contribution in [3.63, 3.8) is 0 Å². The Bertz CT molecular complexity index is 611. The van der Waals surface area contributed by atoms with Gasteiger partial charge in [0.25, 0.3) is 0 Å². The first-order valence-corrected chi connectivity index (χ1v) is 7.98. The van der Waals surface area contributed by atoms with Crippen molar-refractivity contribution < 1.29 is 4.74 Å². The van der Waals surface area contributed by atoms with Gasteiger partial charge in [-0.3, -0.25) is 0 Å². The monoisotopic (exact) mass is 284 g/mol. The van der Waals surface area contributed by atoms with E-state index in [2.05, 4.69) is 36.5 Å². The van der Waals surface area contributed by atoms with Crippen LogP contribution in [0.4, 0.5) is 0 Å². The van der Waals surface area contributed by atoms with Crippen LogP contribution < -0.4 is 10.1 Å². The highest BCUT2D eigenvalue weighted by Crippen LogP contribution is 2.29. The van der Waals surface area contributed by atoms with Crippen LogP contribution in [0.25, 0.3) is 10.9 Å². The van der Waals surface area contributed by atoms with Crippen molar-refractivity contribution >= 4 is 10.9 Å². The van der Waals surface area contributed by atoms with E-state index in [-0.39, 0.29) is 0 Å². The van der Waals surface area contributed by atoms with Crippen molar-refractivity contribution in [2.45, 2.75) is 45.3 Å². The fourth-order valence-electron chi connectivity index (χ4n) is 3.23. The number of pyridine rings is 1. The predicted molar refractivity (Wildman–Crippen MR) is 86.6 cm³/mol. The molecular weight excluding hydrogens is 260 g/mol. The fraction of sp³-hybridized carbons (Fsp3) is 0.500. The lowest BCUT2D eigenvalue weighted by Crippen LogP contribution is -2.28. The summed E-state index contributed by atoms with van der Waals surface area (Å²) in [5.41, 5.74) is 2.27. The fourth-order valence-corrected chi connectivity index (χ4v) is 3.23. The van der Waals surface area contributed by atoms with Crippen LogP contribution in [0.1, 0.15) is 38.2 Å². The lowest BCUT2D eigenvalue weighted by atomic mass is 9.88. The molecule has 1 heterocycles. The van der Waals surface area contributed by atoms with Crippen LogP contribution >= 0.6 is 0 Å². The molecule has 1 fully saturated rings. The highest BCUT2D eigenvalue weighted by molar-refractivity contribution is 5.82. The van der Waals surface area contributed by atoms with Gasteiger partial charge in [0.05, 0.1) is 5.52 Å². The number of nitrogens with one attached hydrogen (secondary N) is 1. The van der Waals surface area contributed by atoms with E-state index in [9.17, 15) is 0 Å². The normalized spacial score (nSPS) is 22.4. The van der Waals surface area contributed by atoms with Crippen molar-refractivity contribution in [2.75, 3.05) is 7.05 Å². The Morgan fingerprint density at radius 2 is 2.05 bits per heavy atom. The van der Waals surface area contributed by atoms with Crippen molar-refractivity contribution in [3.05, 3.63) is 35.9 Å². The minimum absolute atomic E-state index is 0.315. The number of ether oxygens (including phenoxy) is 1. The van der Waals surface area contributed by atoms with E-state index in [4.69, 9.17) is 9.72 Å². The summed E-state index contributed by atoms with van der Waals surface area (Å²) in [6.07, 6.45) is 5.33. The van der Waals surface area contributed by atoms with E-state index in [1.165, 1.54) is 30.2 Å². The molecule has 21 heavy (non-hydrogen) atoms. The van der Waals surface area contributed by atoms with Crippen molar-refractivity contribution in [1.29, 1.82) is 0 Å². The SMILES string of the molecule is CNCc1cc(OC2CCCCC2C)nc2ccccc12. The van der Waals surface area contributed by atoms with Gasteiger partial charge in [-0.05, 0) is 43.9 Å². The number of benzene rings is 1. The zero-order valence-corrected chi connectivity index (χ0v) is 12.9. The molecule has 0 radical (unpaired) electrons. The number of fused-ring (bicyclic) bond motifs is 1. The number of nitrogens with zero attached hydrogens (tertiary/aromatic N) is 1. The van der Waals surface area contributed by atoms with Crippen molar-refractivity contribution in [3.8, 4) is 5.88 Å². The molecule has 0 amide bonds. The van der Waals surface area contributed by atoms with Crippen molar-refractivity contribution in [1.82, 2.24) is 10.3 Å². The molecule has 1 aromatic heterocycles. The van der Waals surface area contributed by atoms with Crippen LogP contribution in [0.3, 0.4) is 0 Å². The first kappa shape index (κ1) is 14.3. The van der Waals surface area contributed by atoms with Crippen LogP contribution in [0.2, 0.25) is 0 Å². The number of aromatic nitrogens is 1. The third kappa shape index (κ3) is 3.18. The van der Waals surface area contributed by atoms with Gasteiger partial charge in [-0.15, -0.1) is 0 Å². The molecule has 3 nitrogen and oxygen atoms in total. The number of hydrogen-bond donors (Lipinski definition) is 1. The summed E-state index contributed by atoms with van der Waals surface area (Å²) in [6, 6.07) is 10.4. The predicted octanol–water partition coefficient (Wildman–Crippen LogP) is 3.91. The van der Waals surface area contributed by atoms with Crippen LogP contribution in [-0.2, 0) is 6.54 Å². The van der Waals surface area contributed by atoms with E-state index in [0.717, 1.165) is 24.4 Å². The molecule has 1 saturated carbocycles. The van der Waals surface area contributed by atoms with Gasteiger partial charge < -0.3 is 10.1 Å². The third-order valence-electron chi connectivity index (χ3n) is 4.45. The maximum absolute atomic E-state index is 6.22. The standard InChI is InChI=1S/C18H24N2O/c1-13-7-3-6-10-17(13)21-18-11-14(12-19-2)15-8-4-5-9-16(15)20-18/h4-5,8-9,11,13,17,19H,3,6-7,10,12H2,1-2H3. The molecule has 0 saturated heterocycles. The maximum atomic E-state index is 6.22. The smallest absolute Gasteiger partial charge is 0.214 e. The number of rotatable bonds is 4. The van der Waals surface area contributed by atoms with E-state index in [0.29, 0.717) is 12.0 Å². The molecule has 0 spiro atoms.